The summed E-state index contributed by atoms with van der Waals surface area (Å²) in [5.74, 6) is 0.892. The van der Waals surface area contributed by atoms with E-state index in [0.717, 1.165) is 50.9 Å². The van der Waals surface area contributed by atoms with Gasteiger partial charge in [-0.3, -0.25) is 14.5 Å². The Morgan fingerprint density at radius 3 is 2.36 bits per heavy atom. The Labute approximate surface area is 148 Å². The van der Waals surface area contributed by atoms with Gasteiger partial charge < -0.3 is 14.5 Å². The van der Waals surface area contributed by atoms with Crippen LogP contribution in [0.1, 0.15) is 25.7 Å². The van der Waals surface area contributed by atoms with E-state index in [2.05, 4.69) is 4.90 Å². The molecule has 1 aliphatic carbocycles. The predicted molar refractivity (Wildman–Crippen MR) is 94.7 cm³/mol. The number of carbonyl (C=O) groups is 2. The fourth-order valence-corrected chi connectivity index (χ4v) is 3.66. The van der Waals surface area contributed by atoms with Crippen LogP contribution in [0.2, 0.25) is 0 Å². The maximum absolute atomic E-state index is 12.3. The topological polar surface area (TPSA) is 53.1 Å². The van der Waals surface area contributed by atoms with Gasteiger partial charge in [0, 0.05) is 50.9 Å². The van der Waals surface area contributed by atoms with Crippen LogP contribution in [0.5, 0.6) is 5.75 Å². The summed E-state index contributed by atoms with van der Waals surface area (Å²) in [6.45, 7) is 4.42. The van der Waals surface area contributed by atoms with Crippen molar-refractivity contribution in [3.63, 3.8) is 0 Å². The van der Waals surface area contributed by atoms with Crippen LogP contribution >= 0.6 is 0 Å². The minimum Gasteiger partial charge on any atom is -0.484 e. The summed E-state index contributed by atoms with van der Waals surface area (Å²) in [6.07, 6.45) is 4.17. The van der Waals surface area contributed by atoms with Crippen molar-refractivity contribution < 1.29 is 14.3 Å². The summed E-state index contributed by atoms with van der Waals surface area (Å²) in [5.41, 5.74) is 0.900. The van der Waals surface area contributed by atoms with E-state index in [0.29, 0.717) is 12.2 Å². The third kappa shape index (κ3) is 3.79. The summed E-state index contributed by atoms with van der Waals surface area (Å²) in [6, 6.07) is 8.21. The zero-order valence-electron chi connectivity index (χ0n) is 14.5. The summed E-state index contributed by atoms with van der Waals surface area (Å²) in [5, 5.41) is 0. The highest BCUT2D eigenvalue weighted by atomic mass is 16.5. The first-order chi connectivity index (χ1) is 12.2. The molecule has 2 saturated heterocycles. The molecule has 1 aromatic carbocycles. The first-order valence-electron chi connectivity index (χ1n) is 9.26. The number of nitrogens with zero attached hydrogens (tertiary/aromatic N) is 3. The van der Waals surface area contributed by atoms with Crippen molar-refractivity contribution in [2.45, 2.75) is 31.7 Å². The van der Waals surface area contributed by atoms with Crippen LogP contribution in [0, 0.1) is 0 Å². The summed E-state index contributed by atoms with van der Waals surface area (Å²) >= 11 is 0. The normalized spacial score (nSPS) is 21.7. The third-order valence-corrected chi connectivity index (χ3v) is 5.31. The molecule has 3 aliphatic rings. The number of amides is 2. The molecule has 1 aromatic rings. The Hall–Kier alpha value is -2.08. The van der Waals surface area contributed by atoms with Crippen molar-refractivity contribution in [1.82, 2.24) is 9.80 Å². The van der Waals surface area contributed by atoms with Crippen LogP contribution in [0.3, 0.4) is 0 Å². The molecule has 1 saturated carbocycles. The molecule has 0 N–H and O–H groups in total. The van der Waals surface area contributed by atoms with Gasteiger partial charge in [0.15, 0.2) is 6.61 Å². The molecule has 0 radical (unpaired) electrons. The van der Waals surface area contributed by atoms with Crippen LogP contribution in [0.25, 0.3) is 0 Å². The number of benzene rings is 1. The van der Waals surface area contributed by atoms with E-state index < -0.39 is 0 Å². The fraction of sp³-hybridized carbons (Fsp3) is 0.579. The largest absolute Gasteiger partial charge is 0.484 e. The number of anilines is 1. The van der Waals surface area contributed by atoms with Crippen molar-refractivity contribution in [1.29, 1.82) is 0 Å². The van der Waals surface area contributed by atoms with E-state index in [1.165, 1.54) is 12.8 Å². The van der Waals surface area contributed by atoms with E-state index in [1.54, 1.807) is 4.90 Å². The van der Waals surface area contributed by atoms with Crippen molar-refractivity contribution in [3.05, 3.63) is 24.3 Å². The van der Waals surface area contributed by atoms with Crippen LogP contribution in [0.4, 0.5) is 5.69 Å². The molecule has 0 aromatic heterocycles. The van der Waals surface area contributed by atoms with E-state index in [4.69, 9.17) is 4.74 Å². The minimum atomic E-state index is 0.0502. The zero-order valence-corrected chi connectivity index (χ0v) is 14.5. The van der Waals surface area contributed by atoms with Gasteiger partial charge in [0.2, 0.25) is 5.91 Å². The van der Waals surface area contributed by atoms with Crippen molar-refractivity contribution in [2.75, 3.05) is 44.2 Å². The Morgan fingerprint density at radius 2 is 1.76 bits per heavy atom. The first kappa shape index (κ1) is 16.4. The van der Waals surface area contributed by atoms with E-state index in [-0.39, 0.29) is 18.4 Å². The van der Waals surface area contributed by atoms with Gasteiger partial charge in [-0.05, 0) is 43.5 Å². The van der Waals surface area contributed by atoms with Gasteiger partial charge in [0.05, 0.1) is 0 Å². The van der Waals surface area contributed by atoms with Gasteiger partial charge in [-0.15, -0.1) is 0 Å². The SMILES string of the molecule is O=C(COc1ccc(N2CCCC2=O)cc1)N1CCN(C2CC2)CC1. The average molecular weight is 343 g/mol. The zero-order chi connectivity index (χ0) is 17.2. The van der Waals surface area contributed by atoms with E-state index in [1.807, 2.05) is 29.2 Å². The Morgan fingerprint density at radius 1 is 1.04 bits per heavy atom. The maximum Gasteiger partial charge on any atom is 0.260 e. The van der Waals surface area contributed by atoms with Crippen molar-refractivity contribution in [3.8, 4) is 5.75 Å². The highest BCUT2D eigenvalue weighted by Gasteiger charge is 2.32. The third-order valence-electron chi connectivity index (χ3n) is 5.31. The lowest BCUT2D eigenvalue weighted by Gasteiger charge is -2.34. The smallest absolute Gasteiger partial charge is 0.260 e. The molecule has 2 heterocycles. The Balaban J connectivity index is 1.25. The summed E-state index contributed by atoms with van der Waals surface area (Å²) in [4.78, 5) is 30.3. The van der Waals surface area contributed by atoms with E-state index in [9.17, 15) is 9.59 Å². The van der Waals surface area contributed by atoms with Gasteiger partial charge in [-0.25, -0.2) is 0 Å². The monoisotopic (exact) mass is 343 g/mol. The first-order valence-corrected chi connectivity index (χ1v) is 9.26. The molecule has 3 fully saturated rings. The van der Waals surface area contributed by atoms with Crippen LogP contribution < -0.4 is 9.64 Å². The lowest BCUT2D eigenvalue weighted by molar-refractivity contribution is -0.135. The van der Waals surface area contributed by atoms with Gasteiger partial charge in [0.25, 0.3) is 5.91 Å². The second kappa shape index (κ2) is 7.04. The number of carbonyl (C=O) groups excluding carboxylic acids is 2. The highest BCUT2D eigenvalue weighted by Crippen LogP contribution is 2.27. The average Bonchev–Trinajstić information content (AvgIpc) is 3.42. The molecule has 0 atom stereocenters. The van der Waals surface area contributed by atoms with Crippen molar-refractivity contribution >= 4 is 17.5 Å². The van der Waals surface area contributed by atoms with E-state index >= 15 is 0 Å². The molecular weight excluding hydrogens is 318 g/mol. The predicted octanol–water partition coefficient (Wildman–Crippen LogP) is 1.50. The number of piperazine rings is 1. The lowest BCUT2D eigenvalue weighted by atomic mass is 10.3. The van der Waals surface area contributed by atoms with Crippen LogP contribution in [-0.4, -0.2) is 67.0 Å². The summed E-state index contributed by atoms with van der Waals surface area (Å²) < 4.78 is 5.64. The minimum absolute atomic E-state index is 0.0502. The molecule has 6 nitrogen and oxygen atoms in total. The molecule has 0 spiro atoms. The Kier molecular flexibility index (Phi) is 4.61. The lowest BCUT2D eigenvalue weighted by Crippen LogP contribution is -2.50. The molecule has 4 rings (SSSR count). The van der Waals surface area contributed by atoms with Gasteiger partial charge in [0.1, 0.15) is 5.75 Å². The van der Waals surface area contributed by atoms with Gasteiger partial charge >= 0.3 is 0 Å². The second-order valence-electron chi connectivity index (χ2n) is 7.08. The van der Waals surface area contributed by atoms with Crippen molar-refractivity contribution in [2.24, 2.45) is 0 Å². The Bertz CT molecular complexity index is 634. The number of hydrogen-bond acceptors (Lipinski definition) is 4. The highest BCUT2D eigenvalue weighted by molar-refractivity contribution is 5.95. The molecule has 0 bridgehead atoms. The van der Waals surface area contributed by atoms with Gasteiger partial charge in [-0.1, -0.05) is 0 Å². The molecule has 25 heavy (non-hydrogen) atoms. The molecule has 2 amide bonds. The van der Waals surface area contributed by atoms with Gasteiger partial charge in [-0.2, -0.15) is 0 Å². The number of ether oxygens (including phenoxy) is 1. The van der Waals surface area contributed by atoms with Crippen LogP contribution in [-0.2, 0) is 9.59 Å². The molecule has 0 unspecified atom stereocenters. The second-order valence-corrected chi connectivity index (χ2v) is 7.08. The fourth-order valence-electron chi connectivity index (χ4n) is 3.66. The molecule has 2 aliphatic heterocycles. The summed E-state index contributed by atoms with van der Waals surface area (Å²) in [7, 11) is 0. The molecule has 134 valence electrons. The molecule has 6 heteroatoms. The van der Waals surface area contributed by atoms with Crippen LogP contribution in [0.15, 0.2) is 24.3 Å². The maximum atomic E-state index is 12.3. The number of hydrogen-bond donors (Lipinski definition) is 0. The quantitative estimate of drug-likeness (QED) is 0.813. The molecular formula is C19H25N3O3. The standard InChI is InChI=1S/C19H25N3O3/c23-18-2-1-9-22(18)16-5-7-17(8-6-16)25-14-19(24)21-12-10-20(11-13-21)15-3-4-15/h5-8,15H,1-4,9-14H2. The number of rotatable bonds is 5.